The number of carbonyl (C=O) groups is 1. The van der Waals surface area contributed by atoms with Crippen molar-refractivity contribution in [2.45, 2.75) is 0 Å². The lowest BCUT2D eigenvalue weighted by atomic mass is 10.2. The van der Waals surface area contributed by atoms with E-state index in [-0.39, 0.29) is 5.57 Å². The Kier molecular flexibility index (Phi) is 2.38. The highest BCUT2D eigenvalue weighted by Crippen LogP contribution is 2.05. The molecule has 0 radical (unpaired) electrons. The van der Waals surface area contributed by atoms with Crippen molar-refractivity contribution in [1.29, 1.82) is 0 Å². The maximum Gasteiger partial charge on any atom is 0.155 e. The van der Waals surface area contributed by atoms with Crippen LogP contribution in [-0.2, 0) is 4.79 Å². The minimum atomic E-state index is 0.186. The second-order valence-corrected chi connectivity index (χ2v) is 1.92. The first-order chi connectivity index (χ1) is 5.38. The van der Waals surface area contributed by atoms with Gasteiger partial charge in [0, 0.05) is 6.20 Å². The van der Waals surface area contributed by atoms with E-state index in [4.69, 9.17) is 5.11 Å². The zero-order valence-corrected chi connectivity index (χ0v) is 5.77. The zero-order chi connectivity index (χ0) is 8.10. The fraction of sp³-hybridized carbons (Fsp3) is 0. The molecule has 0 amide bonds. The van der Waals surface area contributed by atoms with Crippen molar-refractivity contribution < 1.29 is 9.90 Å². The van der Waals surface area contributed by atoms with Crippen LogP contribution < -0.4 is 0 Å². The predicted molar refractivity (Wildman–Crippen MR) is 40.9 cm³/mol. The molecule has 0 aliphatic heterocycles. The Bertz CT molecular complexity index is 267. The molecule has 0 fully saturated rings. The summed E-state index contributed by atoms with van der Waals surface area (Å²) in [5.74, 6) is 0. The molecule has 1 rings (SSSR count). The van der Waals surface area contributed by atoms with Crippen LogP contribution in [0.15, 0.2) is 30.7 Å². The number of aliphatic hydroxyl groups excluding tert-OH is 1. The smallest absolute Gasteiger partial charge is 0.155 e. The Morgan fingerprint density at radius 3 is 2.82 bits per heavy atom. The van der Waals surface area contributed by atoms with E-state index in [0.717, 1.165) is 6.26 Å². The van der Waals surface area contributed by atoms with E-state index in [1.54, 1.807) is 24.4 Å². The molecule has 11 heavy (non-hydrogen) atoms. The topological polar surface area (TPSA) is 50.2 Å². The van der Waals surface area contributed by atoms with Crippen LogP contribution >= 0.6 is 0 Å². The number of hydrogen-bond donors (Lipinski definition) is 1. The van der Waals surface area contributed by atoms with Gasteiger partial charge < -0.3 is 5.11 Å². The lowest BCUT2D eigenvalue weighted by Crippen LogP contribution is -1.88. The van der Waals surface area contributed by atoms with E-state index in [1.807, 2.05) is 0 Å². The number of aldehydes is 1. The van der Waals surface area contributed by atoms with Gasteiger partial charge in [0.1, 0.15) is 0 Å². The maximum atomic E-state index is 10.3. The minimum Gasteiger partial charge on any atom is -0.515 e. The third-order valence-corrected chi connectivity index (χ3v) is 1.23. The monoisotopic (exact) mass is 149 g/mol. The number of pyridine rings is 1. The number of hydrogen-bond acceptors (Lipinski definition) is 3. The summed E-state index contributed by atoms with van der Waals surface area (Å²) in [5.41, 5.74) is 0.663. The van der Waals surface area contributed by atoms with E-state index in [2.05, 4.69) is 4.98 Å². The molecular formula is C8H7NO2. The summed E-state index contributed by atoms with van der Waals surface area (Å²) in [6.07, 6.45) is 2.86. The van der Waals surface area contributed by atoms with Gasteiger partial charge in [-0.25, -0.2) is 0 Å². The van der Waals surface area contributed by atoms with E-state index in [1.165, 1.54) is 0 Å². The summed E-state index contributed by atoms with van der Waals surface area (Å²) >= 11 is 0. The lowest BCUT2D eigenvalue weighted by Gasteiger charge is -1.93. The van der Waals surface area contributed by atoms with Crippen molar-refractivity contribution in [3.63, 3.8) is 0 Å². The molecule has 0 atom stereocenters. The number of rotatable bonds is 2. The second-order valence-electron chi connectivity index (χ2n) is 1.92. The molecule has 0 aliphatic rings. The summed E-state index contributed by atoms with van der Waals surface area (Å²) in [6, 6.07) is 5.13. The summed E-state index contributed by atoms with van der Waals surface area (Å²) in [4.78, 5) is 14.1. The Hall–Kier alpha value is -1.64. The van der Waals surface area contributed by atoms with E-state index in [9.17, 15) is 4.79 Å². The van der Waals surface area contributed by atoms with E-state index in [0.29, 0.717) is 12.0 Å². The van der Waals surface area contributed by atoms with E-state index >= 15 is 0 Å². The number of allylic oxidation sites excluding steroid dienone is 1. The first kappa shape index (κ1) is 7.47. The molecule has 0 bridgehead atoms. The van der Waals surface area contributed by atoms with Crippen LogP contribution in [0, 0.1) is 0 Å². The summed E-state index contributed by atoms with van der Waals surface area (Å²) in [7, 11) is 0. The quantitative estimate of drug-likeness (QED) is 0.390. The van der Waals surface area contributed by atoms with Crippen molar-refractivity contribution in [2.24, 2.45) is 0 Å². The molecule has 1 aromatic heterocycles. The van der Waals surface area contributed by atoms with Gasteiger partial charge in [-0.1, -0.05) is 6.07 Å². The first-order valence-corrected chi connectivity index (χ1v) is 3.09. The van der Waals surface area contributed by atoms with Gasteiger partial charge in [0.15, 0.2) is 6.29 Å². The Labute approximate surface area is 64.0 Å². The molecule has 3 nitrogen and oxygen atoms in total. The van der Waals surface area contributed by atoms with Crippen LogP contribution in [0.2, 0.25) is 0 Å². The number of carbonyl (C=O) groups excluding carboxylic acids is 1. The molecule has 1 heterocycles. The molecule has 0 aliphatic carbocycles. The minimum absolute atomic E-state index is 0.186. The van der Waals surface area contributed by atoms with Crippen LogP contribution in [0.5, 0.6) is 0 Å². The molecule has 3 heteroatoms. The van der Waals surface area contributed by atoms with Gasteiger partial charge in [-0.15, -0.1) is 0 Å². The van der Waals surface area contributed by atoms with Gasteiger partial charge in [-0.05, 0) is 12.1 Å². The van der Waals surface area contributed by atoms with Gasteiger partial charge >= 0.3 is 0 Å². The molecule has 56 valence electrons. The SMILES string of the molecule is O=C/C(=C/O)c1ccccn1. The summed E-state index contributed by atoms with van der Waals surface area (Å²) < 4.78 is 0. The highest BCUT2D eigenvalue weighted by Gasteiger charge is 1.98. The maximum absolute atomic E-state index is 10.3. The molecular weight excluding hydrogens is 142 g/mol. The molecule has 0 aromatic carbocycles. The van der Waals surface area contributed by atoms with Crippen molar-refractivity contribution in [2.75, 3.05) is 0 Å². The van der Waals surface area contributed by atoms with Crippen molar-refractivity contribution in [3.8, 4) is 0 Å². The molecule has 0 spiro atoms. The summed E-state index contributed by atoms with van der Waals surface area (Å²) in [5, 5.41) is 8.55. The highest BCUT2D eigenvalue weighted by atomic mass is 16.2. The number of aromatic nitrogens is 1. The van der Waals surface area contributed by atoms with Gasteiger partial charge in [0.25, 0.3) is 0 Å². The molecule has 1 N–H and O–H groups in total. The van der Waals surface area contributed by atoms with Crippen LogP contribution in [0.1, 0.15) is 5.69 Å². The average Bonchev–Trinajstić information content (AvgIpc) is 2.09. The van der Waals surface area contributed by atoms with Crippen LogP contribution in [0.4, 0.5) is 0 Å². The Balaban J connectivity index is 3.01. The molecule has 1 aromatic rings. The van der Waals surface area contributed by atoms with Crippen LogP contribution in [0.25, 0.3) is 5.57 Å². The molecule has 0 saturated carbocycles. The fourth-order valence-electron chi connectivity index (χ4n) is 0.690. The van der Waals surface area contributed by atoms with Gasteiger partial charge in [-0.3, -0.25) is 9.78 Å². The average molecular weight is 149 g/mol. The molecule has 0 saturated heterocycles. The summed E-state index contributed by atoms with van der Waals surface area (Å²) in [6.45, 7) is 0. The van der Waals surface area contributed by atoms with Gasteiger partial charge in [0.05, 0.1) is 17.5 Å². The van der Waals surface area contributed by atoms with Crippen molar-refractivity contribution in [3.05, 3.63) is 36.4 Å². The fourth-order valence-corrected chi connectivity index (χ4v) is 0.690. The normalized spacial score (nSPS) is 11.1. The van der Waals surface area contributed by atoms with Crippen LogP contribution in [-0.4, -0.2) is 16.4 Å². The van der Waals surface area contributed by atoms with E-state index < -0.39 is 0 Å². The van der Waals surface area contributed by atoms with Gasteiger partial charge in [0.2, 0.25) is 0 Å². The van der Waals surface area contributed by atoms with Gasteiger partial charge in [-0.2, -0.15) is 0 Å². The zero-order valence-electron chi connectivity index (χ0n) is 5.77. The highest BCUT2D eigenvalue weighted by molar-refractivity contribution is 6.05. The van der Waals surface area contributed by atoms with Crippen molar-refractivity contribution >= 4 is 11.9 Å². The second kappa shape index (κ2) is 3.51. The Morgan fingerprint density at radius 2 is 2.36 bits per heavy atom. The van der Waals surface area contributed by atoms with Crippen molar-refractivity contribution in [1.82, 2.24) is 4.98 Å². The number of nitrogens with zero attached hydrogens (tertiary/aromatic N) is 1. The third-order valence-electron chi connectivity index (χ3n) is 1.23. The van der Waals surface area contributed by atoms with Crippen LogP contribution in [0.3, 0.4) is 0 Å². The largest absolute Gasteiger partial charge is 0.515 e. The Morgan fingerprint density at radius 1 is 1.55 bits per heavy atom. The first-order valence-electron chi connectivity index (χ1n) is 3.09. The lowest BCUT2D eigenvalue weighted by molar-refractivity contribution is -0.103. The standard InChI is InChI=1S/C8H7NO2/c10-5-7(6-11)8-3-1-2-4-9-8/h1-6,10H/b7-5-. The number of aliphatic hydroxyl groups is 1. The third kappa shape index (κ3) is 1.64. The predicted octanol–water partition coefficient (Wildman–Crippen LogP) is 1.18. The molecule has 0 unspecified atom stereocenters.